The highest BCUT2D eigenvalue weighted by Gasteiger charge is 2.32. The molecule has 0 radical (unpaired) electrons. The summed E-state index contributed by atoms with van der Waals surface area (Å²) in [6, 6.07) is 10.9. The minimum atomic E-state index is -0.532. The van der Waals surface area contributed by atoms with Crippen LogP contribution in [0.25, 0.3) is 5.00 Å². The summed E-state index contributed by atoms with van der Waals surface area (Å²) >= 11 is 9.32. The molecule has 0 unspecified atom stereocenters. The zero-order valence-electron chi connectivity index (χ0n) is 22.4. The molecule has 12 heteroatoms. The summed E-state index contributed by atoms with van der Waals surface area (Å²) in [6.07, 6.45) is 0.103. The fourth-order valence-electron chi connectivity index (χ4n) is 4.29. The summed E-state index contributed by atoms with van der Waals surface area (Å²) < 4.78 is 2.03. The van der Waals surface area contributed by atoms with E-state index in [-0.39, 0.29) is 37.9 Å². The molecule has 5 rings (SSSR count). The molecule has 3 N–H and O–H groups in total. The van der Waals surface area contributed by atoms with Gasteiger partial charge in [-0.05, 0) is 50.6 Å². The normalized spacial score (nSPS) is 13.3. The van der Waals surface area contributed by atoms with E-state index in [4.69, 9.17) is 22.5 Å². The first-order valence-corrected chi connectivity index (χ1v) is 14.4. The molecule has 4 aromatic rings. The largest absolute Gasteiger partial charge is 0.345 e. The molecule has 0 saturated carbocycles. The zero-order chi connectivity index (χ0) is 28.2. The Morgan fingerprint density at radius 2 is 1.78 bits per heavy atom. The number of thiophene rings is 2. The first-order valence-electron chi connectivity index (χ1n) is 12.4. The molecule has 3 aromatic heterocycles. The Bertz CT molecular complexity index is 1730. The number of benzene rings is 1. The number of nitrogens with two attached hydrogens (primary N) is 1. The van der Waals surface area contributed by atoms with E-state index in [9.17, 15) is 4.79 Å². The van der Waals surface area contributed by atoms with Crippen molar-refractivity contribution in [2.75, 3.05) is 13.2 Å². The predicted molar refractivity (Wildman–Crippen MR) is 166 cm³/mol. The maximum atomic E-state index is 13.1. The van der Waals surface area contributed by atoms with E-state index in [1.165, 1.54) is 16.2 Å². The molecule has 1 aliphatic rings. The fraction of sp³-hybridized carbons (Fsp3) is 0.241. The average molecular weight is 626 g/mol. The van der Waals surface area contributed by atoms with Gasteiger partial charge < -0.3 is 5.32 Å². The van der Waals surface area contributed by atoms with Crippen molar-refractivity contribution in [3.63, 3.8) is 0 Å². The van der Waals surface area contributed by atoms with Crippen LogP contribution in [0.1, 0.15) is 55.4 Å². The van der Waals surface area contributed by atoms with Crippen LogP contribution >= 0.6 is 46.7 Å². The fourth-order valence-corrected chi connectivity index (χ4v) is 6.39. The number of halogens is 2. The molecule has 1 aliphatic heterocycles. The Hall–Kier alpha value is -3.48. The van der Waals surface area contributed by atoms with Gasteiger partial charge in [0.1, 0.15) is 23.5 Å². The number of nitrogens with one attached hydrogen (secondary N) is 1. The van der Waals surface area contributed by atoms with Crippen LogP contribution < -0.4 is 11.2 Å². The third-order valence-corrected chi connectivity index (χ3v) is 8.66. The second-order valence-corrected chi connectivity index (χ2v) is 11.7. The van der Waals surface area contributed by atoms with Crippen LogP contribution in [0.15, 0.2) is 41.4 Å². The van der Waals surface area contributed by atoms with E-state index in [0.29, 0.717) is 10.8 Å². The Morgan fingerprint density at radius 1 is 1.07 bits per heavy atom. The molecule has 1 atom stereocenters. The number of nitrogens with zero attached hydrogens (tertiary/aromatic N) is 4. The van der Waals surface area contributed by atoms with Gasteiger partial charge in [-0.15, -0.1) is 45.3 Å². The highest BCUT2D eigenvalue weighted by molar-refractivity contribution is 7.15. The second kappa shape index (κ2) is 13.5. The molecule has 4 heterocycles. The molecule has 0 bridgehead atoms. The van der Waals surface area contributed by atoms with E-state index in [1.54, 1.807) is 11.3 Å². The predicted octanol–water partition coefficient (Wildman–Crippen LogP) is 5.08. The molecular weight excluding hydrogens is 599 g/mol. The molecule has 41 heavy (non-hydrogen) atoms. The standard InChI is InChI=1S/C29H25ClN6O2S2.ClH/c1-17-18(2)39-29-26(17)27(20-8-10-21(30)11-9-20)33-24(28-35-34-19(3)36(28)29)16-25(37)32-14-4-6-22-12-13-23(40-22)7-5-15-38-31;/h8-13,24H,14-16,31H2,1-3H3,(H,32,37);1H/t24-;/m0./s1. The lowest BCUT2D eigenvalue weighted by molar-refractivity contribution is -0.121. The van der Waals surface area contributed by atoms with Crippen molar-refractivity contribution in [2.24, 2.45) is 10.9 Å². The molecule has 0 fully saturated rings. The Balaban J connectivity index is 0.00000387. The summed E-state index contributed by atoms with van der Waals surface area (Å²) in [4.78, 5) is 25.6. The third kappa shape index (κ3) is 6.71. The zero-order valence-corrected chi connectivity index (χ0v) is 25.7. The molecule has 210 valence electrons. The van der Waals surface area contributed by atoms with Gasteiger partial charge in [-0.3, -0.25) is 19.2 Å². The first-order chi connectivity index (χ1) is 19.4. The number of amides is 1. The summed E-state index contributed by atoms with van der Waals surface area (Å²) in [5.41, 5.74) is 3.90. The van der Waals surface area contributed by atoms with Gasteiger partial charge in [-0.2, -0.15) is 0 Å². The lowest BCUT2D eigenvalue weighted by atomic mass is 9.99. The van der Waals surface area contributed by atoms with Crippen LogP contribution in [0.5, 0.6) is 0 Å². The Morgan fingerprint density at radius 3 is 2.49 bits per heavy atom. The summed E-state index contributed by atoms with van der Waals surface area (Å²) in [5.74, 6) is 18.0. The summed E-state index contributed by atoms with van der Waals surface area (Å²) in [5, 5.41) is 13.3. The van der Waals surface area contributed by atoms with Crippen molar-refractivity contribution in [3.8, 4) is 28.7 Å². The molecule has 1 aromatic carbocycles. The van der Waals surface area contributed by atoms with Crippen molar-refractivity contribution in [1.82, 2.24) is 20.1 Å². The molecular formula is C29H26Cl2N6O2S2. The van der Waals surface area contributed by atoms with Crippen molar-refractivity contribution < 1.29 is 9.63 Å². The number of fused-ring (bicyclic) bond motifs is 3. The highest BCUT2D eigenvalue weighted by Crippen LogP contribution is 2.39. The monoisotopic (exact) mass is 624 g/mol. The molecule has 0 aliphatic carbocycles. The molecule has 0 spiro atoms. The van der Waals surface area contributed by atoms with Crippen molar-refractivity contribution in [2.45, 2.75) is 33.2 Å². The quantitative estimate of drug-likeness (QED) is 0.238. The molecule has 8 nitrogen and oxygen atoms in total. The SMILES string of the molecule is Cc1sc2c(c1C)C(c1ccc(Cl)cc1)=N[C@@H](CC(=O)NCC#Cc1ccc(C#CCON)s1)c1nnc(C)n1-2.Cl. The smallest absolute Gasteiger partial charge is 0.223 e. The van der Waals surface area contributed by atoms with Crippen LogP contribution in [0.4, 0.5) is 0 Å². The topological polar surface area (TPSA) is 107 Å². The van der Waals surface area contributed by atoms with E-state index >= 15 is 0 Å². The van der Waals surface area contributed by atoms with Crippen molar-refractivity contribution in [3.05, 3.63) is 84.4 Å². The number of carbonyl (C=O) groups excluding carboxylic acids is 1. The van der Waals surface area contributed by atoms with Gasteiger partial charge in [0.15, 0.2) is 5.82 Å². The number of carbonyl (C=O) groups is 1. The second-order valence-electron chi connectivity index (χ2n) is 8.96. The van der Waals surface area contributed by atoms with Gasteiger partial charge in [-0.25, -0.2) is 5.90 Å². The number of aryl methyl sites for hydroxylation is 2. The van der Waals surface area contributed by atoms with Gasteiger partial charge in [0.25, 0.3) is 0 Å². The van der Waals surface area contributed by atoms with E-state index in [1.807, 2.05) is 47.9 Å². The van der Waals surface area contributed by atoms with Crippen molar-refractivity contribution >= 4 is 58.3 Å². The number of hydrogen-bond acceptors (Lipinski definition) is 8. The lowest BCUT2D eigenvalue weighted by Crippen LogP contribution is -2.25. The number of aromatic nitrogens is 3. The maximum absolute atomic E-state index is 13.1. The Kier molecular flexibility index (Phi) is 10.0. The summed E-state index contributed by atoms with van der Waals surface area (Å²) in [6.45, 7) is 6.48. The van der Waals surface area contributed by atoms with E-state index in [0.717, 1.165) is 43.0 Å². The van der Waals surface area contributed by atoms with Crippen LogP contribution in [0.3, 0.4) is 0 Å². The van der Waals surface area contributed by atoms with E-state index in [2.05, 4.69) is 57.9 Å². The van der Waals surface area contributed by atoms with Crippen LogP contribution in [0, 0.1) is 44.5 Å². The van der Waals surface area contributed by atoms with Crippen LogP contribution in [-0.2, 0) is 9.63 Å². The first kappa shape index (κ1) is 30.5. The van der Waals surface area contributed by atoms with Gasteiger partial charge >= 0.3 is 0 Å². The average Bonchev–Trinajstić information content (AvgIpc) is 3.60. The lowest BCUT2D eigenvalue weighted by Gasteiger charge is -2.12. The third-order valence-electron chi connectivity index (χ3n) is 6.29. The highest BCUT2D eigenvalue weighted by atomic mass is 35.5. The number of aliphatic imine (C=N–C) groups is 1. The molecule has 1 amide bonds. The Labute approximate surface area is 257 Å². The number of hydrogen-bond donors (Lipinski definition) is 2. The van der Waals surface area contributed by atoms with Crippen LogP contribution in [0.2, 0.25) is 5.02 Å². The van der Waals surface area contributed by atoms with Gasteiger partial charge in [0.2, 0.25) is 5.91 Å². The minimum Gasteiger partial charge on any atom is -0.345 e. The number of rotatable bonds is 5. The summed E-state index contributed by atoms with van der Waals surface area (Å²) in [7, 11) is 0. The van der Waals surface area contributed by atoms with Gasteiger partial charge in [0, 0.05) is 21.0 Å². The minimum absolute atomic E-state index is 0. The van der Waals surface area contributed by atoms with Gasteiger partial charge in [-0.1, -0.05) is 47.4 Å². The van der Waals surface area contributed by atoms with Crippen LogP contribution in [-0.4, -0.2) is 39.5 Å². The van der Waals surface area contributed by atoms with E-state index < -0.39 is 6.04 Å². The molecule has 0 saturated heterocycles. The van der Waals surface area contributed by atoms with Gasteiger partial charge in [0.05, 0.1) is 28.4 Å². The maximum Gasteiger partial charge on any atom is 0.223 e. The van der Waals surface area contributed by atoms with Crippen molar-refractivity contribution in [1.29, 1.82) is 0 Å².